The normalized spacial score (nSPS) is 13.1. The van der Waals surface area contributed by atoms with Gasteiger partial charge < -0.3 is 4.90 Å². The minimum Gasteiger partial charge on any atom is -0.378 e. The Bertz CT molecular complexity index is 2280. The zero-order chi connectivity index (χ0) is 35.7. The molecule has 1 amide bonds. The summed E-state index contributed by atoms with van der Waals surface area (Å²) in [5, 5.41) is 24.0. The largest absolute Gasteiger partial charge is 0.378 e. The van der Waals surface area contributed by atoms with Crippen LogP contribution >= 0.6 is 0 Å². The van der Waals surface area contributed by atoms with Crippen LogP contribution in [0.3, 0.4) is 0 Å². The average molecular weight is 682 g/mol. The van der Waals surface area contributed by atoms with E-state index in [0.717, 1.165) is 11.3 Å². The SMILES string of the molecule is CN(C)c1ccc(/C=C/C=C/C=C\C=c2\c(-c3ccccc3)c3c(n(-c4ccc(COO)cn4)c2=O)=NN(c2ccc(COO)cc2)C3=O)cc1. The summed E-state index contributed by atoms with van der Waals surface area (Å²) < 4.78 is 1.32. The number of rotatable bonds is 12. The molecule has 0 saturated carbocycles. The lowest BCUT2D eigenvalue weighted by molar-refractivity contribution is -0.253. The fourth-order valence-corrected chi connectivity index (χ4v) is 5.58. The number of aromatic nitrogens is 2. The van der Waals surface area contributed by atoms with Gasteiger partial charge in [-0.15, -0.1) is 5.10 Å². The third kappa shape index (κ3) is 7.67. The van der Waals surface area contributed by atoms with Crippen LogP contribution in [-0.4, -0.2) is 40.1 Å². The molecule has 0 aliphatic carbocycles. The first-order valence-corrected chi connectivity index (χ1v) is 16.0. The highest BCUT2D eigenvalue weighted by Gasteiger charge is 2.33. The first-order valence-electron chi connectivity index (χ1n) is 16.0. The number of anilines is 2. The zero-order valence-electron chi connectivity index (χ0n) is 28.0. The minimum atomic E-state index is -0.435. The number of hydrogen-bond acceptors (Lipinski definition) is 9. The molecular weight excluding hydrogens is 646 g/mol. The molecule has 0 fully saturated rings. The molecule has 1 aliphatic rings. The van der Waals surface area contributed by atoms with E-state index >= 15 is 0 Å². The van der Waals surface area contributed by atoms with Gasteiger partial charge in [0, 0.05) is 36.8 Å². The van der Waals surface area contributed by atoms with Crippen molar-refractivity contribution in [1.29, 1.82) is 0 Å². The van der Waals surface area contributed by atoms with E-state index in [4.69, 9.17) is 10.5 Å². The molecule has 1 aliphatic heterocycles. The Morgan fingerprint density at radius 1 is 0.745 bits per heavy atom. The Morgan fingerprint density at radius 3 is 2.08 bits per heavy atom. The molecule has 3 aromatic carbocycles. The van der Waals surface area contributed by atoms with Gasteiger partial charge in [0.05, 0.1) is 11.3 Å². The highest BCUT2D eigenvalue weighted by molar-refractivity contribution is 6.11. The van der Waals surface area contributed by atoms with Crippen LogP contribution in [0.4, 0.5) is 11.4 Å². The molecule has 0 atom stereocenters. The second-order valence-corrected chi connectivity index (χ2v) is 11.7. The molecule has 0 unspecified atom stereocenters. The number of fused-ring (bicyclic) bond motifs is 1. The lowest BCUT2D eigenvalue weighted by atomic mass is 9.98. The molecule has 2 N–H and O–H groups in total. The van der Waals surface area contributed by atoms with Crippen LogP contribution in [0, 0.1) is 0 Å². The van der Waals surface area contributed by atoms with Crippen molar-refractivity contribution in [2.75, 3.05) is 24.0 Å². The fourth-order valence-electron chi connectivity index (χ4n) is 5.58. The first-order chi connectivity index (χ1) is 24.9. The van der Waals surface area contributed by atoms with Gasteiger partial charge in [0.15, 0.2) is 5.49 Å². The quantitative estimate of drug-likeness (QED) is 0.0969. The number of allylic oxidation sites excluding steroid dienone is 5. The van der Waals surface area contributed by atoms with Crippen LogP contribution in [0.15, 0.2) is 137 Å². The summed E-state index contributed by atoms with van der Waals surface area (Å²) >= 11 is 0. The number of nitrogens with zero attached hydrogens (tertiary/aromatic N) is 5. The van der Waals surface area contributed by atoms with Gasteiger partial charge in [-0.25, -0.2) is 19.3 Å². The van der Waals surface area contributed by atoms with E-state index in [0.29, 0.717) is 27.9 Å². The maximum absolute atomic E-state index is 14.5. The van der Waals surface area contributed by atoms with Crippen molar-refractivity contribution in [2.45, 2.75) is 13.2 Å². The number of carbonyl (C=O) groups is 1. The molecule has 0 saturated heterocycles. The summed E-state index contributed by atoms with van der Waals surface area (Å²) in [5.41, 5.74) is 4.93. The van der Waals surface area contributed by atoms with Gasteiger partial charge in [0.25, 0.3) is 11.5 Å². The number of benzene rings is 3. The second-order valence-electron chi connectivity index (χ2n) is 11.7. The molecule has 11 nitrogen and oxygen atoms in total. The van der Waals surface area contributed by atoms with Crippen LogP contribution in [0.25, 0.3) is 29.1 Å². The van der Waals surface area contributed by atoms with Crippen LogP contribution in [-0.2, 0) is 23.0 Å². The maximum atomic E-state index is 14.5. The second kappa shape index (κ2) is 16.0. The zero-order valence-corrected chi connectivity index (χ0v) is 28.0. The molecule has 0 bridgehead atoms. The minimum absolute atomic E-state index is 0.0185. The molecule has 2 aromatic heterocycles. The van der Waals surface area contributed by atoms with Crippen LogP contribution in [0.2, 0.25) is 0 Å². The van der Waals surface area contributed by atoms with Gasteiger partial charge in [-0.1, -0.05) is 97.1 Å². The van der Waals surface area contributed by atoms with Gasteiger partial charge in [-0.05, 0) is 58.7 Å². The van der Waals surface area contributed by atoms with Crippen molar-refractivity contribution in [2.24, 2.45) is 5.10 Å². The van der Waals surface area contributed by atoms with Crippen molar-refractivity contribution in [3.05, 3.63) is 171 Å². The number of amides is 1. The van der Waals surface area contributed by atoms with E-state index in [2.05, 4.69) is 32.0 Å². The van der Waals surface area contributed by atoms with E-state index in [1.165, 1.54) is 15.8 Å². The van der Waals surface area contributed by atoms with E-state index in [9.17, 15) is 9.59 Å². The molecule has 0 spiro atoms. The van der Waals surface area contributed by atoms with Gasteiger partial charge in [-0.3, -0.25) is 20.1 Å². The molecule has 6 rings (SSSR count). The lowest BCUT2D eigenvalue weighted by Gasteiger charge is -2.14. The van der Waals surface area contributed by atoms with Gasteiger partial charge >= 0.3 is 0 Å². The summed E-state index contributed by atoms with van der Waals surface area (Å²) in [4.78, 5) is 43.9. The smallest absolute Gasteiger partial charge is 0.283 e. The predicted molar refractivity (Wildman–Crippen MR) is 197 cm³/mol. The molecule has 11 heteroatoms. The van der Waals surface area contributed by atoms with Crippen molar-refractivity contribution in [3.8, 4) is 16.9 Å². The molecule has 5 aromatic rings. The summed E-state index contributed by atoms with van der Waals surface area (Å²) in [6.45, 7) is -0.105. The van der Waals surface area contributed by atoms with Crippen LogP contribution < -0.4 is 26.2 Å². The average Bonchev–Trinajstić information content (AvgIpc) is 3.48. The Balaban J connectivity index is 1.46. The highest BCUT2D eigenvalue weighted by atomic mass is 17.1. The summed E-state index contributed by atoms with van der Waals surface area (Å²) in [5.74, 6) is -0.204. The third-order valence-electron chi connectivity index (χ3n) is 8.14. The predicted octanol–water partition coefficient (Wildman–Crippen LogP) is 5.75. The first kappa shape index (κ1) is 34.6. The van der Waals surface area contributed by atoms with Crippen molar-refractivity contribution in [3.63, 3.8) is 0 Å². The third-order valence-corrected chi connectivity index (χ3v) is 8.14. The van der Waals surface area contributed by atoms with E-state index in [-0.39, 0.29) is 35.3 Å². The standard InChI is InChI=1S/C40H35N5O6/c1-43(2)32-20-15-28(16-21-32)11-7-4-3-5-10-14-34-36(31-12-8-6-9-13-31)37-38(44(39(34)46)35-24-19-30(25-41-35)27-51-49)42-45(40(37)47)33-22-17-29(18-23-33)26-50-48/h3-25,48-49H,26-27H2,1-2H3/b4-3+,10-5-,11-7+,34-14-. The van der Waals surface area contributed by atoms with Crippen molar-refractivity contribution >= 4 is 29.4 Å². The van der Waals surface area contributed by atoms with Crippen molar-refractivity contribution < 1.29 is 25.1 Å². The molecule has 256 valence electrons. The van der Waals surface area contributed by atoms with E-state index < -0.39 is 11.5 Å². The van der Waals surface area contributed by atoms with Crippen LogP contribution in [0.1, 0.15) is 27.0 Å². The summed E-state index contributed by atoms with van der Waals surface area (Å²) in [7, 11) is 4.00. The topological polar surface area (TPSA) is 130 Å². The van der Waals surface area contributed by atoms with Gasteiger partial charge in [-0.2, -0.15) is 5.01 Å². The van der Waals surface area contributed by atoms with Gasteiger partial charge in [0.1, 0.15) is 19.0 Å². The lowest BCUT2D eigenvalue weighted by Crippen LogP contribution is -2.45. The maximum Gasteiger partial charge on any atom is 0.283 e. The number of hydrogen-bond donors (Lipinski definition) is 2. The molecule has 51 heavy (non-hydrogen) atoms. The van der Waals surface area contributed by atoms with E-state index in [1.807, 2.05) is 91.8 Å². The Kier molecular flexibility index (Phi) is 10.8. The Hall–Kier alpha value is -6.24. The monoisotopic (exact) mass is 681 g/mol. The molecule has 3 heterocycles. The Labute approximate surface area is 293 Å². The number of carbonyl (C=O) groups excluding carboxylic acids is 1. The summed E-state index contributed by atoms with van der Waals surface area (Å²) in [6, 6.07) is 27.5. The Morgan fingerprint density at radius 2 is 1.41 bits per heavy atom. The molecular formula is C40H35N5O6. The fraction of sp³-hybridized carbons (Fsp3) is 0.100. The van der Waals surface area contributed by atoms with Gasteiger partial charge in [0.2, 0.25) is 0 Å². The highest BCUT2D eigenvalue weighted by Crippen LogP contribution is 2.26. The van der Waals surface area contributed by atoms with E-state index in [1.54, 1.807) is 48.6 Å². The number of pyridine rings is 2. The molecule has 0 radical (unpaired) electrons. The van der Waals surface area contributed by atoms with Crippen LogP contribution in [0.5, 0.6) is 0 Å². The summed E-state index contributed by atoms with van der Waals surface area (Å²) in [6.07, 6.45) is 14.4. The van der Waals surface area contributed by atoms with Crippen molar-refractivity contribution in [1.82, 2.24) is 9.55 Å².